The molecule has 0 atom stereocenters. The van der Waals surface area contributed by atoms with Crippen LogP contribution in [0.2, 0.25) is 0 Å². The van der Waals surface area contributed by atoms with E-state index in [0.717, 1.165) is 12.8 Å². The van der Waals surface area contributed by atoms with Crippen molar-refractivity contribution in [3.63, 3.8) is 0 Å². The highest BCUT2D eigenvalue weighted by atomic mass is 16.3. The van der Waals surface area contributed by atoms with Crippen molar-refractivity contribution in [3.8, 4) is 0 Å². The number of amides is 1. The summed E-state index contributed by atoms with van der Waals surface area (Å²) in [7, 11) is 0. The Morgan fingerprint density at radius 1 is 1.55 bits per heavy atom. The van der Waals surface area contributed by atoms with Gasteiger partial charge in [-0.05, 0) is 20.3 Å². The molecule has 2 rings (SSSR count). The Bertz CT molecular complexity index is 463. The number of anilines is 1. The van der Waals surface area contributed by atoms with Crippen LogP contribution in [0.3, 0.4) is 0 Å². The van der Waals surface area contributed by atoms with E-state index in [1.807, 2.05) is 18.7 Å². The fourth-order valence-electron chi connectivity index (χ4n) is 2.73. The summed E-state index contributed by atoms with van der Waals surface area (Å²) in [5.74, 6) is 0.653. The van der Waals surface area contributed by atoms with E-state index in [1.54, 1.807) is 16.9 Å². The van der Waals surface area contributed by atoms with Gasteiger partial charge in [-0.25, -0.2) is 4.68 Å². The second-order valence-electron chi connectivity index (χ2n) is 5.92. The molecule has 20 heavy (non-hydrogen) atoms. The van der Waals surface area contributed by atoms with Crippen LogP contribution >= 0.6 is 0 Å². The van der Waals surface area contributed by atoms with Gasteiger partial charge >= 0.3 is 0 Å². The van der Waals surface area contributed by atoms with Gasteiger partial charge < -0.3 is 10.4 Å². The summed E-state index contributed by atoms with van der Waals surface area (Å²) in [5.41, 5.74) is -0.589. The van der Waals surface area contributed by atoms with E-state index in [2.05, 4.69) is 17.3 Å². The van der Waals surface area contributed by atoms with Crippen molar-refractivity contribution in [1.29, 1.82) is 0 Å². The zero-order chi connectivity index (χ0) is 14.8. The number of aromatic nitrogens is 2. The minimum absolute atomic E-state index is 0.0639. The van der Waals surface area contributed by atoms with Gasteiger partial charge in [0, 0.05) is 25.2 Å². The molecule has 0 radical (unpaired) electrons. The van der Waals surface area contributed by atoms with Gasteiger partial charge in [0.25, 0.3) is 0 Å². The standard InChI is InChI=1S/C14H24N4O2/c1-4-6-14(20)9-17(10-14)8-13(19)16-12-5-7-15-18(12)11(2)3/h5,7,11,20H,4,6,8-10H2,1-3H3,(H,16,19). The number of carbonyl (C=O) groups excluding carboxylic acids is 1. The summed E-state index contributed by atoms with van der Waals surface area (Å²) < 4.78 is 1.78. The van der Waals surface area contributed by atoms with Crippen LogP contribution in [0.1, 0.15) is 39.7 Å². The predicted molar refractivity (Wildman–Crippen MR) is 77.5 cm³/mol. The zero-order valence-corrected chi connectivity index (χ0v) is 12.5. The number of nitrogens with zero attached hydrogens (tertiary/aromatic N) is 3. The van der Waals surface area contributed by atoms with Gasteiger partial charge in [-0.1, -0.05) is 13.3 Å². The lowest BCUT2D eigenvalue weighted by Crippen LogP contribution is -2.62. The Kier molecular flexibility index (Phi) is 4.45. The molecule has 1 aliphatic heterocycles. The molecular formula is C14H24N4O2. The lowest BCUT2D eigenvalue weighted by molar-refractivity contribution is -0.129. The van der Waals surface area contributed by atoms with E-state index in [-0.39, 0.29) is 11.9 Å². The van der Waals surface area contributed by atoms with Gasteiger partial charge in [-0.2, -0.15) is 5.10 Å². The van der Waals surface area contributed by atoms with Gasteiger partial charge in [0.05, 0.1) is 18.3 Å². The van der Waals surface area contributed by atoms with Crippen molar-refractivity contribution in [2.24, 2.45) is 0 Å². The summed E-state index contributed by atoms with van der Waals surface area (Å²) in [6.45, 7) is 7.57. The Balaban J connectivity index is 1.81. The van der Waals surface area contributed by atoms with Crippen molar-refractivity contribution in [3.05, 3.63) is 12.3 Å². The molecule has 112 valence electrons. The number of carbonyl (C=O) groups is 1. The second-order valence-corrected chi connectivity index (χ2v) is 5.92. The third-order valence-electron chi connectivity index (χ3n) is 3.55. The zero-order valence-electron chi connectivity index (χ0n) is 12.5. The maximum atomic E-state index is 12.0. The average Bonchev–Trinajstić information content (AvgIpc) is 2.75. The average molecular weight is 280 g/mol. The third kappa shape index (κ3) is 3.37. The van der Waals surface area contributed by atoms with Gasteiger partial charge in [0.15, 0.2) is 0 Å². The molecule has 1 aromatic rings. The van der Waals surface area contributed by atoms with E-state index in [1.165, 1.54) is 0 Å². The number of β-amino-alcohol motifs (C(OH)–C–C–N with tert-alkyl or cyclic N) is 1. The van der Waals surface area contributed by atoms with Gasteiger partial charge in [0.2, 0.25) is 5.91 Å². The molecule has 0 bridgehead atoms. The molecule has 2 heterocycles. The van der Waals surface area contributed by atoms with Gasteiger partial charge in [-0.3, -0.25) is 9.69 Å². The number of rotatable bonds is 6. The van der Waals surface area contributed by atoms with E-state index in [4.69, 9.17) is 0 Å². The molecule has 2 N–H and O–H groups in total. The first kappa shape index (κ1) is 15.0. The molecule has 1 aromatic heterocycles. The molecule has 1 aliphatic rings. The Morgan fingerprint density at radius 2 is 2.25 bits per heavy atom. The monoisotopic (exact) mass is 280 g/mol. The van der Waals surface area contributed by atoms with Crippen molar-refractivity contribution in [2.45, 2.75) is 45.3 Å². The molecule has 6 heteroatoms. The third-order valence-corrected chi connectivity index (χ3v) is 3.55. The van der Waals surface area contributed by atoms with Gasteiger partial charge in [-0.15, -0.1) is 0 Å². The number of nitrogens with one attached hydrogen (secondary N) is 1. The van der Waals surface area contributed by atoms with E-state index < -0.39 is 5.60 Å². The summed E-state index contributed by atoms with van der Waals surface area (Å²) in [6, 6.07) is 2.00. The maximum absolute atomic E-state index is 12.0. The van der Waals surface area contributed by atoms with Crippen LogP contribution in [-0.4, -0.2) is 50.9 Å². The molecule has 1 fully saturated rings. The first-order chi connectivity index (χ1) is 9.43. The van der Waals surface area contributed by atoms with Crippen LogP contribution in [-0.2, 0) is 4.79 Å². The van der Waals surface area contributed by atoms with Crippen LogP contribution in [0.5, 0.6) is 0 Å². The summed E-state index contributed by atoms with van der Waals surface area (Å²) in [6.07, 6.45) is 3.44. The van der Waals surface area contributed by atoms with Crippen molar-refractivity contribution in [1.82, 2.24) is 14.7 Å². The highest BCUT2D eigenvalue weighted by molar-refractivity contribution is 5.91. The second kappa shape index (κ2) is 5.93. The molecule has 0 spiro atoms. The maximum Gasteiger partial charge on any atom is 0.239 e. The van der Waals surface area contributed by atoms with Crippen LogP contribution in [0.4, 0.5) is 5.82 Å². The van der Waals surface area contributed by atoms with E-state index in [0.29, 0.717) is 25.5 Å². The lowest BCUT2D eigenvalue weighted by atomic mass is 9.89. The first-order valence-corrected chi connectivity index (χ1v) is 7.21. The molecule has 6 nitrogen and oxygen atoms in total. The summed E-state index contributed by atoms with van der Waals surface area (Å²) in [5, 5.41) is 17.1. The fourth-order valence-corrected chi connectivity index (χ4v) is 2.73. The van der Waals surface area contributed by atoms with Crippen molar-refractivity contribution >= 4 is 11.7 Å². The molecule has 0 aromatic carbocycles. The highest BCUT2D eigenvalue weighted by Crippen LogP contribution is 2.25. The number of likely N-dealkylation sites (tertiary alicyclic amines) is 1. The Hall–Kier alpha value is -1.40. The number of hydrogen-bond acceptors (Lipinski definition) is 4. The predicted octanol–water partition coefficient (Wildman–Crippen LogP) is 1.25. The van der Waals surface area contributed by atoms with E-state index >= 15 is 0 Å². The van der Waals surface area contributed by atoms with Crippen LogP contribution < -0.4 is 5.32 Å². The fraction of sp³-hybridized carbons (Fsp3) is 0.714. The summed E-state index contributed by atoms with van der Waals surface area (Å²) in [4.78, 5) is 13.9. The highest BCUT2D eigenvalue weighted by Gasteiger charge is 2.40. The summed E-state index contributed by atoms with van der Waals surface area (Å²) >= 11 is 0. The lowest BCUT2D eigenvalue weighted by Gasteiger charge is -2.46. The number of hydrogen-bond donors (Lipinski definition) is 2. The molecule has 0 unspecified atom stereocenters. The quantitative estimate of drug-likeness (QED) is 0.823. The minimum Gasteiger partial charge on any atom is -0.387 e. The topological polar surface area (TPSA) is 70.4 Å². The Labute approximate surface area is 119 Å². The van der Waals surface area contributed by atoms with Crippen molar-refractivity contribution < 1.29 is 9.90 Å². The van der Waals surface area contributed by atoms with E-state index in [9.17, 15) is 9.90 Å². The first-order valence-electron chi connectivity index (χ1n) is 7.21. The van der Waals surface area contributed by atoms with Gasteiger partial charge in [0.1, 0.15) is 5.82 Å². The molecule has 0 saturated carbocycles. The SMILES string of the molecule is CCCC1(O)CN(CC(=O)Nc2ccnn2C(C)C)C1. The molecule has 1 amide bonds. The van der Waals surface area contributed by atoms with Crippen LogP contribution in [0, 0.1) is 0 Å². The normalized spacial score (nSPS) is 18.1. The minimum atomic E-state index is -0.589. The largest absolute Gasteiger partial charge is 0.387 e. The molecule has 1 saturated heterocycles. The Morgan fingerprint density at radius 3 is 2.85 bits per heavy atom. The number of aliphatic hydroxyl groups is 1. The molecular weight excluding hydrogens is 256 g/mol. The van der Waals surface area contributed by atoms with Crippen LogP contribution in [0.15, 0.2) is 12.3 Å². The smallest absolute Gasteiger partial charge is 0.239 e. The van der Waals surface area contributed by atoms with Crippen molar-refractivity contribution in [2.75, 3.05) is 25.0 Å². The van der Waals surface area contributed by atoms with Crippen LogP contribution in [0.25, 0.3) is 0 Å². The molecule has 0 aliphatic carbocycles.